The summed E-state index contributed by atoms with van der Waals surface area (Å²) in [7, 11) is 0. The van der Waals surface area contributed by atoms with E-state index in [1.165, 1.54) is 70.8 Å². The topological polar surface area (TPSA) is 30.7 Å². The van der Waals surface area contributed by atoms with Gasteiger partial charge >= 0.3 is 0 Å². The molecule has 0 aliphatic carbocycles. The molecule has 0 bridgehead atoms. The van der Waals surface area contributed by atoms with Crippen molar-refractivity contribution in [2.24, 2.45) is 0 Å². The van der Waals surface area contributed by atoms with Crippen LogP contribution in [0.2, 0.25) is 0 Å². The number of furan rings is 2. The molecule has 0 radical (unpaired) electrons. The average molecular weight is 682 g/mol. The molecule has 0 amide bonds. The fourth-order valence-corrected chi connectivity index (χ4v) is 9.23. The van der Waals surface area contributed by atoms with E-state index in [9.17, 15) is 0 Å². The third kappa shape index (κ3) is 3.89. The standard InChI is InChI=1S/C50H35NO2/c1-26(2)28-13-15-30-23-43-37(19-32(30)17-28)39-21-34(22-40-38-20-33-18-29(27(3)4)14-16-31(33)24-44(38)51(43)48(39)40)47-49-41(35-9-5-7-11-45(35)52-49)25-42-36-10-6-8-12-46(36)53-50(42)47/h5-27H,1-4H3. The van der Waals surface area contributed by atoms with Gasteiger partial charge in [-0.3, -0.25) is 0 Å². The van der Waals surface area contributed by atoms with Crippen LogP contribution >= 0.6 is 0 Å². The SMILES string of the molecule is CC(C)c1ccc2cc3c(cc2c1)c1cc(-c2c4oc5ccccc5c4cc4c2oc2ccccc24)cc2c4cc5cc(C(C)C)ccc5cc4n3c12. The second-order valence-corrected chi connectivity index (χ2v) is 15.7. The van der Waals surface area contributed by atoms with Crippen LogP contribution in [0.3, 0.4) is 0 Å². The molecule has 0 saturated carbocycles. The fraction of sp³-hybridized carbons (Fsp3) is 0.120. The zero-order chi connectivity index (χ0) is 35.3. The summed E-state index contributed by atoms with van der Waals surface area (Å²) in [6.07, 6.45) is 0. The van der Waals surface area contributed by atoms with Crippen LogP contribution in [0.4, 0.5) is 0 Å². The predicted molar refractivity (Wildman–Crippen MR) is 224 cm³/mol. The minimum atomic E-state index is 0.459. The summed E-state index contributed by atoms with van der Waals surface area (Å²) in [6, 6.07) is 47.4. The highest BCUT2D eigenvalue weighted by Crippen LogP contribution is 2.48. The molecular weight excluding hydrogens is 647 g/mol. The average Bonchev–Trinajstić information content (AvgIpc) is 3.91. The Hall–Kier alpha value is -6.32. The Bertz CT molecular complexity index is 3290. The molecule has 0 N–H and O–H groups in total. The van der Waals surface area contributed by atoms with E-state index in [0.717, 1.165) is 55.0 Å². The molecule has 53 heavy (non-hydrogen) atoms. The highest BCUT2D eigenvalue weighted by atomic mass is 16.3. The van der Waals surface area contributed by atoms with Crippen molar-refractivity contribution < 1.29 is 8.83 Å². The van der Waals surface area contributed by atoms with Crippen molar-refractivity contribution in [3.63, 3.8) is 0 Å². The quantitative estimate of drug-likeness (QED) is 0.186. The van der Waals surface area contributed by atoms with Crippen molar-refractivity contribution in [2.75, 3.05) is 0 Å². The second kappa shape index (κ2) is 10.2. The molecule has 0 saturated heterocycles. The van der Waals surface area contributed by atoms with Gasteiger partial charge in [0.05, 0.1) is 22.1 Å². The maximum Gasteiger partial charge on any atom is 0.147 e. The van der Waals surface area contributed by atoms with Crippen LogP contribution < -0.4 is 0 Å². The molecule has 0 aliphatic heterocycles. The summed E-state index contributed by atoms with van der Waals surface area (Å²) in [5.41, 5.74) is 12.0. The molecule has 0 fully saturated rings. The van der Waals surface area contributed by atoms with Gasteiger partial charge in [0, 0.05) is 43.1 Å². The predicted octanol–water partition coefficient (Wildman–Crippen LogP) is 14.9. The molecule has 0 spiro atoms. The van der Waals surface area contributed by atoms with Gasteiger partial charge in [0.1, 0.15) is 22.3 Å². The Kier molecular flexibility index (Phi) is 5.62. The molecule has 0 unspecified atom stereocenters. The lowest BCUT2D eigenvalue weighted by molar-refractivity contribution is 0.658. The van der Waals surface area contributed by atoms with E-state index in [0.29, 0.717) is 11.8 Å². The van der Waals surface area contributed by atoms with E-state index in [-0.39, 0.29) is 0 Å². The van der Waals surface area contributed by atoms with E-state index < -0.39 is 0 Å². The molecule has 4 heterocycles. The summed E-state index contributed by atoms with van der Waals surface area (Å²) in [6.45, 7) is 9.08. The van der Waals surface area contributed by atoms with Crippen molar-refractivity contribution in [1.82, 2.24) is 4.40 Å². The Morgan fingerprint density at radius 3 is 1.40 bits per heavy atom. The fourth-order valence-electron chi connectivity index (χ4n) is 9.23. The van der Waals surface area contributed by atoms with Crippen LogP contribution in [0, 0.1) is 0 Å². The molecule has 3 heteroatoms. The molecule has 4 aromatic heterocycles. The van der Waals surface area contributed by atoms with E-state index in [2.05, 4.69) is 147 Å². The molecular formula is C50H35NO2. The van der Waals surface area contributed by atoms with Gasteiger partial charge in [0.25, 0.3) is 0 Å². The largest absolute Gasteiger partial charge is 0.455 e. The minimum Gasteiger partial charge on any atom is -0.455 e. The maximum atomic E-state index is 6.80. The van der Waals surface area contributed by atoms with E-state index in [4.69, 9.17) is 8.83 Å². The summed E-state index contributed by atoms with van der Waals surface area (Å²) in [5, 5.41) is 14.5. The van der Waals surface area contributed by atoms with Gasteiger partial charge in [0.2, 0.25) is 0 Å². The van der Waals surface area contributed by atoms with Gasteiger partial charge in [-0.15, -0.1) is 0 Å². The Morgan fingerprint density at radius 1 is 0.415 bits per heavy atom. The zero-order valence-corrected chi connectivity index (χ0v) is 30.0. The monoisotopic (exact) mass is 681 g/mol. The zero-order valence-electron chi connectivity index (χ0n) is 30.0. The van der Waals surface area contributed by atoms with E-state index in [1.807, 2.05) is 12.1 Å². The number of hydrogen-bond acceptors (Lipinski definition) is 2. The number of rotatable bonds is 3. The third-order valence-electron chi connectivity index (χ3n) is 12.0. The summed E-state index contributed by atoms with van der Waals surface area (Å²) in [4.78, 5) is 0. The third-order valence-corrected chi connectivity index (χ3v) is 12.0. The smallest absolute Gasteiger partial charge is 0.147 e. The van der Waals surface area contributed by atoms with Crippen molar-refractivity contribution >= 4 is 104 Å². The first kappa shape index (κ1) is 29.3. The lowest BCUT2D eigenvalue weighted by atomic mass is 9.94. The highest BCUT2D eigenvalue weighted by molar-refractivity contribution is 6.29. The number of fused-ring (bicyclic) bond motifs is 14. The highest BCUT2D eigenvalue weighted by Gasteiger charge is 2.25. The first-order chi connectivity index (χ1) is 25.9. The number of benzene rings is 8. The van der Waals surface area contributed by atoms with Crippen LogP contribution in [-0.4, -0.2) is 4.40 Å². The molecule has 8 aromatic carbocycles. The molecule has 252 valence electrons. The van der Waals surface area contributed by atoms with Crippen molar-refractivity contribution in [2.45, 2.75) is 39.5 Å². The van der Waals surface area contributed by atoms with Crippen LogP contribution in [0.25, 0.3) is 115 Å². The molecule has 0 aliphatic rings. The van der Waals surface area contributed by atoms with Gasteiger partial charge in [0.15, 0.2) is 0 Å². The second-order valence-electron chi connectivity index (χ2n) is 15.7. The Labute approximate surface area is 304 Å². The Balaban J connectivity index is 1.29. The number of hydrogen-bond donors (Lipinski definition) is 0. The van der Waals surface area contributed by atoms with E-state index in [1.54, 1.807) is 0 Å². The van der Waals surface area contributed by atoms with Crippen LogP contribution in [0.15, 0.2) is 136 Å². The maximum absolute atomic E-state index is 6.80. The van der Waals surface area contributed by atoms with Crippen molar-refractivity contribution in [3.8, 4) is 11.1 Å². The number of aromatic nitrogens is 1. The molecule has 12 rings (SSSR count). The normalized spacial score (nSPS) is 12.9. The molecule has 0 atom stereocenters. The number of para-hydroxylation sites is 2. The first-order valence-corrected chi connectivity index (χ1v) is 18.8. The molecule has 3 nitrogen and oxygen atoms in total. The lowest BCUT2D eigenvalue weighted by Crippen LogP contribution is -1.88. The van der Waals surface area contributed by atoms with Gasteiger partial charge in [-0.05, 0) is 105 Å². The van der Waals surface area contributed by atoms with Crippen LogP contribution in [0.1, 0.15) is 50.7 Å². The summed E-state index contributed by atoms with van der Waals surface area (Å²) in [5.74, 6) is 0.917. The van der Waals surface area contributed by atoms with Gasteiger partial charge in [-0.1, -0.05) is 100 Å². The summed E-state index contributed by atoms with van der Waals surface area (Å²) < 4.78 is 16.1. The minimum absolute atomic E-state index is 0.459. The Morgan fingerprint density at radius 2 is 0.906 bits per heavy atom. The van der Waals surface area contributed by atoms with E-state index >= 15 is 0 Å². The molecule has 12 aromatic rings. The van der Waals surface area contributed by atoms with Crippen molar-refractivity contribution in [1.29, 1.82) is 0 Å². The van der Waals surface area contributed by atoms with Crippen LogP contribution in [0.5, 0.6) is 0 Å². The van der Waals surface area contributed by atoms with Crippen LogP contribution in [-0.2, 0) is 0 Å². The summed E-state index contributed by atoms with van der Waals surface area (Å²) >= 11 is 0. The van der Waals surface area contributed by atoms with Crippen molar-refractivity contribution in [3.05, 3.63) is 139 Å². The van der Waals surface area contributed by atoms with Gasteiger partial charge in [-0.2, -0.15) is 0 Å². The lowest BCUT2D eigenvalue weighted by Gasteiger charge is -2.09. The first-order valence-electron chi connectivity index (χ1n) is 18.8. The number of nitrogens with zero attached hydrogens (tertiary/aromatic N) is 1. The van der Waals surface area contributed by atoms with Gasteiger partial charge < -0.3 is 13.2 Å². The van der Waals surface area contributed by atoms with Gasteiger partial charge in [-0.25, -0.2) is 0 Å².